The van der Waals surface area contributed by atoms with Crippen LogP contribution in [0.3, 0.4) is 0 Å². The first kappa shape index (κ1) is 12.5. The Morgan fingerprint density at radius 1 is 1.13 bits per heavy atom. The van der Waals surface area contributed by atoms with E-state index in [0.717, 1.165) is 19.4 Å². The van der Waals surface area contributed by atoms with Gasteiger partial charge in [0.15, 0.2) is 0 Å². The summed E-state index contributed by atoms with van der Waals surface area (Å²) >= 11 is 0. The Balaban J connectivity index is 2.78. The molecule has 3 heteroatoms. The van der Waals surface area contributed by atoms with Crippen LogP contribution in [0, 0.1) is 0 Å². The summed E-state index contributed by atoms with van der Waals surface area (Å²) in [5, 5.41) is 0. The minimum absolute atomic E-state index is 0.0909. The highest BCUT2D eigenvalue weighted by atomic mass is 16.2. The van der Waals surface area contributed by atoms with Crippen LogP contribution < -0.4 is 0 Å². The average Bonchev–Trinajstić information content (AvgIpc) is 2.16. The maximum atomic E-state index is 11.5. The number of hydrogen-bond donors (Lipinski definition) is 0. The second kappa shape index (κ2) is 4.97. The zero-order valence-electron chi connectivity index (χ0n) is 10.5. The van der Waals surface area contributed by atoms with Gasteiger partial charge in [-0.2, -0.15) is 0 Å². The lowest BCUT2D eigenvalue weighted by atomic mass is 9.80. The van der Waals surface area contributed by atoms with Gasteiger partial charge in [0, 0.05) is 20.5 Å². The number of likely N-dealkylation sites (N-methyl/N-ethyl adjacent to an activating group) is 2. The fourth-order valence-electron chi connectivity index (χ4n) is 2.73. The number of carbonyl (C=O) groups is 1. The monoisotopic (exact) mass is 212 g/mol. The minimum atomic E-state index is 0.0909. The molecule has 0 spiro atoms. The zero-order valence-corrected chi connectivity index (χ0v) is 10.5. The van der Waals surface area contributed by atoms with Gasteiger partial charge in [-0.25, -0.2) is 0 Å². The Bertz CT molecular complexity index is 220. The number of amides is 1. The summed E-state index contributed by atoms with van der Waals surface area (Å²) in [6.07, 6.45) is 6.14. The van der Waals surface area contributed by atoms with Crippen molar-refractivity contribution in [3.8, 4) is 0 Å². The summed E-state index contributed by atoms with van der Waals surface area (Å²) in [5.41, 5.74) is 0.0909. The van der Waals surface area contributed by atoms with Crippen molar-refractivity contribution in [2.75, 3.05) is 27.7 Å². The summed E-state index contributed by atoms with van der Waals surface area (Å²) in [4.78, 5) is 15.7. The average molecular weight is 212 g/mol. The standard InChI is InChI=1S/C12H24N2O/c1-11(15)14(4)12(10-13(2)3)8-6-5-7-9-12/h5-10H2,1-4H3. The van der Waals surface area contributed by atoms with Crippen molar-refractivity contribution in [1.29, 1.82) is 0 Å². The van der Waals surface area contributed by atoms with Crippen molar-refractivity contribution in [3.05, 3.63) is 0 Å². The third kappa shape index (κ3) is 2.94. The summed E-state index contributed by atoms with van der Waals surface area (Å²) in [5.74, 6) is 0.193. The van der Waals surface area contributed by atoms with Crippen molar-refractivity contribution in [1.82, 2.24) is 9.80 Å². The van der Waals surface area contributed by atoms with Crippen molar-refractivity contribution >= 4 is 5.91 Å². The van der Waals surface area contributed by atoms with Gasteiger partial charge in [-0.1, -0.05) is 19.3 Å². The first-order chi connectivity index (χ1) is 6.98. The quantitative estimate of drug-likeness (QED) is 0.711. The maximum absolute atomic E-state index is 11.5. The third-order valence-electron chi connectivity index (χ3n) is 3.58. The Hall–Kier alpha value is -0.570. The van der Waals surface area contributed by atoms with Gasteiger partial charge in [-0.15, -0.1) is 0 Å². The maximum Gasteiger partial charge on any atom is 0.219 e. The van der Waals surface area contributed by atoms with Gasteiger partial charge in [0.1, 0.15) is 0 Å². The summed E-state index contributed by atoms with van der Waals surface area (Å²) in [6.45, 7) is 2.66. The van der Waals surface area contributed by atoms with E-state index in [-0.39, 0.29) is 11.4 Å². The molecule has 0 saturated heterocycles. The highest BCUT2D eigenvalue weighted by Gasteiger charge is 2.37. The van der Waals surface area contributed by atoms with E-state index in [1.807, 2.05) is 11.9 Å². The fraction of sp³-hybridized carbons (Fsp3) is 0.917. The SMILES string of the molecule is CC(=O)N(C)C1(CN(C)C)CCCCC1. The number of hydrogen-bond acceptors (Lipinski definition) is 2. The van der Waals surface area contributed by atoms with Crippen LogP contribution in [0.15, 0.2) is 0 Å². The van der Waals surface area contributed by atoms with Gasteiger partial charge in [0.05, 0.1) is 5.54 Å². The lowest BCUT2D eigenvalue weighted by Gasteiger charge is -2.46. The topological polar surface area (TPSA) is 23.6 Å². The van der Waals surface area contributed by atoms with Crippen LogP contribution in [0.2, 0.25) is 0 Å². The van der Waals surface area contributed by atoms with Crippen molar-refractivity contribution in [2.24, 2.45) is 0 Å². The molecule has 0 unspecified atom stereocenters. The van der Waals surface area contributed by atoms with E-state index < -0.39 is 0 Å². The molecule has 15 heavy (non-hydrogen) atoms. The van der Waals surface area contributed by atoms with Crippen LogP contribution in [0.4, 0.5) is 0 Å². The highest BCUT2D eigenvalue weighted by molar-refractivity contribution is 5.73. The predicted octanol–water partition coefficient (Wildman–Crippen LogP) is 1.73. The highest BCUT2D eigenvalue weighted by Crippen LogP contribution is 2.33. The van der Waals surface area contributed by atoms with E-state index in [4.69, 9.17) is 0 Å². The van der Waals surface area contributed by atoms with Gasteiger partial charge < -0.3 is 9.80 Å². The molecule has 0 aromatic rings. The van der Waals surface area contributed by atoms with Gasteiger partial charge in [-0.05, 0) is 26.9 Å². The molecule has 1 rings (SSSR count). The molecule has 0 aliphatic heterocycles. The molecule has 0 bridgehead atoms. The van der Waals surface area contributed by atoms with Crippen molar-refractivity contribution in [3.63, 3.8) is 0 Å². The van der Waals surface area contributed by atoms with E-state index in [0.29, 0.717) is 0 Å². The summed E-state index contributed by atoms with van der Waals surface area (Å²) < 4.78 is 0. The molecule has 1 saturated carbocycles. The third-order valence-corrected chi connectivity index (χ3v) is 3.58. The second-order valence-corrected chi connectivity index (χ2v) is 5.10. The molecule has 1 aliphatic carbocycles. The molecule has 0 heterocycles. The van der Waals surface area contributed by atoms with Crippen LogP contribution in [0.5, 0.6) is 0 Å². The van der Waals surface area contributed by atoms with Gasteiger partial charge in [0.25, 0.3) is 0 Å². The zero-order chi connectivity index (χ0) is 11.5. The number of rotatable bonds is 3. The molecule has 1 aliphatic rings. The van der Waals surface area contributed by atoms with Crippen LogP contribution in [0.25, 0.3) is 0 Å². The van der Waals surface area contributed by atoms with E-state index in [9.17, 15) is 4.79 Å². The van der Waals surface area contributed by atoms with Crippen LogP contribution in [-0.4, -0.2) is 48.9 Å². The Morgan fingerprint density at radius 2 is 1.67 bits per heavy atom. The lowest BCUT2D eigenvalue weighted by Crippen LogP contribution is -2.55. The Kier molecular flexibility index (Phi) is 4.14. The van der Waals surface area contributed by atoms with E-state index in [2.05, 4.69) is 19.0 Å². The van der Waals surface area contributed by atoms with Crippen molar-refractivity contribution < 1.29 is 4.79 Å². The van der Waals surface area contributed by atoms with Gasteiger partial charge in [0.2, 0.25) is 5.91 Å². The van der Waals surface area contributed by atoms with E-state index >= 15 is 0 Å². The molecule has 0 radical (unpaired) electrons. The normalized spacial score (nSPS) is 20.3. The molecule has 0 aromatic carbocycles. The van der Waals surface area contributed by atoms with E-state index in [1.165, 1.54) is 19.3 Å². The Morgan fingerprint density at radius 3 is 2.07 bits per heavy atom. The number of nitrogens with zero attached hydrogens (tertiary/aromatic N) is 2. The van der Waals surface area contributed by atoms with E-state index in [1.54, 1.807) is 6.92 Å². The van der Waals surface area contributed by atoms with Crippen LogP contribution in [-0.2, 0) is 4.79 Å². The van der Waals surface area contributed by atoms with Crippen LogP contribution in [0.1, 0.15) is 39.0 Å². The molecular weight excluding hydrogens is 188 g/mol. The largest absolute Gasteiger partial charge is 0.339 e. The second-order valence-electron chi connectivity index (χ2n) is 5.10. The summed E-state index contributed by atoms with van der Waals surface area (Å²) in [7, 11) is 6.13. The molecule has 0 N–H and O–H groups in total. The predicted molar refractivity (Wildman–Crippen MR) is 62.8 cm³/mol. The van der Waals surface area contributed by atoms with Gasteiger partial charge >= 0.3 is 0 Å². The number of carbonyl (C=O) groups excluding carboxylic acids is 1. The summed E-state index contributed by atoms with van der Waals surface area (Å²) in [6, 6.07) is 0. The molecule has 0 atom stereocenters. The van der Waals surface area contributed by atoms with Gasteiger partial charge in [-0.3, -0.25) is 4.79 Å². The fourth-order valence-corrected chi connectivity index (χ4v) is 2.73. The smallest absolute Gasteiger partial charge is 0.219 e. The molecule has 88 valence electrons. The molecule has 3 nitrogen and oxygen atoms in total. The first-order valence-electron chi connectivity index (χ1n) is 5.87. The molecule has 1 amide bonds. The van der Waals surface area contributed by atoms with Crippen LogP contribution >= 0.6 is 0 Å². The first-order valence-corrected chi connectivity index (χ1v) is 5.87. The molecule has 0 aromatic heterocycles. The molecule has 1 fully saturated rings. The minimum Gasteiger partial charge on any atom is -0.339 e. The van der Waals surface area contributed by atoms with Crippen molar-refractivity contribution in [2.45, 2.75) is 44.6 Å². The molecular formula is C12H24N2O. The Labute approximate surface area is 93.4 Å². The lowest BCUT2D eigenvalue weighted by molar-refractivity contribution is -0.135.